The van der Waals surface area contributed by atoms with Crippen molar-refractivity contribution in [2.45, 2.75) is 0 Å². The van der Waals surface area contributed by atoms with E-state index in [-0.39, 0.29) is 0 Å². The minimum Gasteiger partial charge on any atom is -0.495 e. The van der Waals surface area contributed by atoms with Gasteiger partial charge in [-0.25, -0.2) is 4.98 Å². The molecule has 1 heterocycles. The summed E-state index contributed by atoms with van der Waals surface area (Å²) < 4.78 is 5.32. The highest BCUT2D eigenvalue weighted by Gasteiger charge is 2.08. The summed E-state index contributed by atoms with van der Waals surface area (Å²) >= 11 is 7.57. The molecule has 0 aliphatic rings. The van der Waals surface area contributed by atoms with Crippen molar-refractivity contribution >= 4 is 33.8 Å². The molecule has 0 aliphatic carbocycles. The lowest BCUT2D eigenvalue weighted by molar-refractivity contribution is 0.417. The number of rotatable bonds is 4. The molecule has 0 aliphatic heterocycles. The average molecular weight is 317 g/mol. The first kappa shape index (κ1) is 13.9. The Balaban J connectivity index is 1.87. The molecule has 5 heteroatoms. The number of halogens is 1. The van der Waals surface area contributed by atoms with Crippen molar-refractivity contribution in [2.75, 3.05) is 12.4 Å². The third-order valence-electron chi connectivity index (χ3n) is 2.98. The minimum atomic E-state index is 0.651. The predicted octanol–water partition coefficient (Wildman–Crippen LogP) is 5.22. The van der Waals surface area contributed by atoms with Gasteiger partial charge in [-0.3, -0.25) is 0 Å². The maximum absolute atomic E-state index is 6.03. The van der Waals surface area contributed by atoms with Crippen LogP contribution in [0.3, 0.4) is 0 Å². The Morgan fingerprint density at radius 3 is 2.71 bits per heavy atom. The van der Waals surface area contributed by atoms with Crippen molar-refractivity contribution in [3.8, 4) is 17.0 Å². The predicted molar refractivity (Wildman–Crippen MR) is 88.8 cm³/mol. The fraction of sp³-hybridized carbons (Fsp3) is 0.0625. The number of thiazole rings is 1. The molecule has 3 rings (SSSR count). The number of aromatic nitrogens is 1. The summed E-state index contributed by atoms with van der Waals surface area (Å²) in [6.45, 7) is 0. The maximum Gasteiger partial charge on any atom is 0.187 e. The zero-order valence-corrected chi connectivity index (χ0v) is 12.9. The zero-order chi connectivity index (χ0) is 14.7. The number of nitrogens with one attached hydrogen (secondary N) is 1. The van der Waals surface area contributed by atoms with Gasteiger partial charge >= 0.3 is 0 Å². The summed E-state index contributed by atoms with van der Waals surface area (Å²) in [5, 5.41) is 6.73. The number of hydrogen-bond acceptors (Lipinski definition) is 4. The van der Waals surface area contributed by atoms with Gasteiger partial charge in [0.05, 0.1) is 18.5 Å². The lowest BCUT2D eigenvalue weighted by Crippen LogP contribution is -1.94. The molecule has 106 valence electrons. The molecule has 1 aromatic heterocycles. The summed E-state index contributed by atoms with van der Waals surface area (Å²) in [5.74, 6) is 0.732. The van der Waals surface area contributed by atoms with Crippen LogP contribution in [0.1, 0.15) is 0 Å². The highest BCUT2D eigenvalue weighted by atomic mass is 35.5. The van der Waals surface area contributed by atoms with Crippen molar-refractivity contribution in [3.63, 3.8) is 0 Å². The molecular weight excluding hydrogens is 304 g/mol. The number of nitrogens with zero attached hydrogens (tertiary/aromatic N) is 1. The van der Waals surface area contributed by atoms with Crippen molar-refractivity contribution in [1.82, 2.24) is 4.98 Å². The van der Waals surface area contributed by atoms with Crippen LogP contribution in [-0.4, -0.2) is 12.1 Å². The topological polar surface area (TPSA) is 34.1 Å². The standard InChI is InChI=1S/C16H13ClN2OS/c1-20-15-8-7-12(17)9-13(15)18-16-19-14(10-21-16)11-5-3-2-4-6-11/h2-10H,1H3,(H,18,19). The van der Waals surface area contributed by atoms with E-state index in [1.165, 1.54) is 0 Å². The molecule has 0 radical (unpaired) electrons. The second-order valence-electron chi connectivity index (χ2n) is 4.37. The molecule has 1 N–H and O–H groups in total. The second-order valence-corrected chi connectivity index (χ2v) is 5.67. The summed E-state index contributed by atoms with van der Waals surface area (Å²) in [6.07, 6.45) is 0. The normalized spacial score (nSPS) is 10.4. The summed E-state index contributed by atoms with van der Waals surface area (Å²) in [5.41, 5.74) is 2.85. The summed E-state index contributed by atoms with van der Waals surface area (Å²) in [6, 6.07) is 15.5. The molecule has 0 amide bonds. The molecule has 0 saturated carbocycles. The van der Waals surface area contributed by atoms with Gasteiger partial charge in [-0.2, -0.15) is 0 Å². The van der Waals surface area contributed by atoms with Gasteiger partial charge in [0.1, 0.15) is 5.75 Å². The molecule has 2 aromatic carbocycles. The third kappa shape index (κ3) is 3.17. The molecule has 0 bridgehead atoms. The van der Waals surface area contributed by atoms with Crippen LogP contribution >= 0.6 is 22.9 Å². The first-order valence-corrected chi connectivity index (χ1v) is 7.63. The van der Waals surface area contributed by atoms with Crippen LogP contribution in [0.15, 0.2) is 53.9 Å². The summed E-state index contributed by atoms with van der Waals surface area (Å²) in [4.78, 5) is 4.59. The van der Waals surface area contributed by atoms with E-state index in [0.29, 0.717) is 5.02 Å². The van der Waals surface area contributed by atoms with Crippen LogP contribution in [0.25, 0.3) is 11.3 Å². The number of methoxy groups -OCH3 is 1. The SMILES string of the molecule is COc1ccc(Cl)cc1Nc1nc(-c2ccccc2)cs1. The van der Waals surface area contributed by atoms with Crippen LogP contribution < -0.4 is 10.1 Å². The van der Waals surface area contributed by atoms with Crippen molar-refractivity contribution in [3.05, 3.63) is 58.9 Å². The van der Waals surface area contributed by atoms with Crippen molar-refractivity contribution in [1.29, 1.82) is 0 Å². The molecule has 21 heavy (non-hydrogen) atoms. The fourth-order valence-electron chi connectivity index (χ4n) is 1.97. The Labute approximate surface area is 132 Å². The molecule has 0 saturated heterocycles. The van der Waals surface area contributed by atoms with E-state index in [2.05, 4.69) is 10.3 Å². The third-order valence-corrected chi connectivity index (χ3v) is 3.97. The van der Waals surface area contributed by atoms with Gasteiger partial charge in [0.25, 0.3) is 0 Å². The smallest absolute Gasteiger partial charge is 0.187 e. The lowest BCUT2D eigenvalue weighted by Gasteiger charge is -2.09. The van der Waals surface area contributed by atoms with Gasteiger partial charge in [-0.05, 0) is 18.2 Å². The van der Waals surface area contributed by atoms with Gasteiger partial charge in [0, 0.05) is 16.0 Å². The fourth-order valence-corrected chi connectivity index (χ4v) is 2.87. The highest BCUT2D eigenvalue weighted by Crippen LogP contribution is 2.33. The Bertz CT molecular complexity index is 743. The van der Waals surface area contributed by atoms with Crippen molar-refractivity contribution in [2.24, 2.45) is 0 Å². The van der Waals surface area contributed by atoms with Crippen LogP contribution in [0.4, 0.5) is 10.8 Å². The van der Waals surface area contributed by atoms with Crippen LogP contribution in [0.5, 0.6) is 5.75 Å². The van der Waals surface area contributed by atoms with E-state index in [1.807, 2.05) is 47.8 Å². The molecule has 0 fully saturated rings. The zero-order valence-electron chi connectivity index (χ0n) is 11.3. The number of hydrogen-bond donors (Lipinski definition) is 1. The van der Waals surface area contributed by atoms with Gasteiger partial charge in [0.15, 0.2) is 5.13 Å². The largest absolute Gasteiger partial charge is 0.495 e. The van der Waals surface area contributed by atoms with E-state index in [4.69, 9.17) is 16.3 Å². The van der Waals surface area contributed by atoms with E-state index >= 15 is 0 Å². The Morgan fingerprint density at radius 2 is 1.95 bits per heavy atom. The van der Waals surface area contributed by atoms with Gasteiger partial charge in [0.2, 0.25) is 0 Å². The molecule has 0 atom stereocenters. The van der Waals surface area contributed by atoms with Gasteiger partial charge in [-0.15, -0.1) is 11.3 Å². The van der Waals surface area contributed by atoms with E-state index in [1.54, 1.807) is 24.5 Å². The monoisotopic (exact) mass is 316 g/mol. The lowest BCUT2D eigenvalue weighted by atomic mass is 10.2. The Kier molecular flexibility index (Phi) is 4.08. The number of benzene rings is 2. The van der Waals surface area contributed by atoms with Crippen LogP contribution in [-0.2, 0) is 0 Å². The van der Waals surface area contributed by atoms with E-state index in [0.717, 1.165) is 27.8 Å². The van der Waals surface area contributed by atoms with Crippen LogP contribution in [0, 0.1) is 0 Å². The quantitative estimate of drug-likeness (QED) is 0.717. The summed E-state index contributed by atoms with van der Waals surface area (Å²) in [7, 11) is 1.63. The second kappa shape index (κ2) is 6.16. The number of anilines is 2. The Hall–Kier alpha value is -2.04. The Morgan fingerprint density at radius 1 is 1.14 bits per heavy atom. The molecular formula is C16H13ClN2OS. The molecule has 3 aromatic rings. The maximum atomic E-state index is 6.03. The highest BCUT2D eigenvalue weighted by molar-refractivity contribution is 7.14. The molecule has 0 spiro atoms. The number of ether oxygens (including phenoxy) is 1. The first-order valence-electron chi connectivity index (χ1n) is 6.38. The van der Waals surface area contributed by atoms with E-state index < -0.39 is 0 Å². The van der Waals surface area contributed by atoms with Gasteiger partial charge < -0.3 is 10.1 Å². The van der Waals surface area contributed by atoms with Crippen molar-refractivity contribution < 1.29 is 4.74 Å². The van der Waals surface area contributed by atoms with E-state index in [9.17, 15) is 0 Å². The van der Waals surface area contributed by atoms with Gasteiger partial charge in [-0.1, -0.05) is 41.9 Å². The molecule has 0 unspecified atom stereocenters. The minimum absolute atomic E-state index is 0.651. The van der Waals surface area contributed by atoms with Crippen LogP contribution in [0.2, 0.25) is 5.02 Å². The average Bonchev–Trinajstić information content (AvgIpc) is 2.97. The first-order chi connectivity index (χ1) is 10.3. The molecule has 3 nitrogen and oxygen atoms in total.